The fraction of sp³-hybridized carbons (Fsp3) is 1.00. The molecule has 0 aliphatic carbocycles. The second-order valence-electron chi connectivity index (χ2n) is 12.5. The highest BCUT2D eigenvalue weighted by Crippen LogP contribution is 2.39. The smallest absolute Gasteiger partial charge is 0.305 e. The fourth-order valence-electron chi connectivity index (χ4n) is 5.00. The molecule has 0 spiro atoms. The first-order valence-electron chi connectivity index (χ1n) is 16.1. The van der Waals surface area contributed by atoms with Crippen LogP contribution >= 0.6 is 8.25 Å². The second-order valence-corrected chi connectivity index (χ2v) is 13.5. The van der Waals surface area contributed by atoms with Crippen LogP contribution < -0.4 is 0 Å². The summed E-state index contributed by atoms with van der Waals surface area (Å²) in [5, 5.41) is 0. The lowest BCUT2D eigenvalue weighted by molar-refractivity contribution is 0.0350. The quantitative estimate of drug-likeness (QED) is 0.0745. The zero-order valence-corrected chi connectivity index (χ0v) is 26.7. The van der Waals surface area contributed by atoms with Crippen LogP contribution in [-0.2, 0) is 13.6 Å². The molecule has 0 unspecified atom stereocenters. The SMILES string of the molecule is CCCCCCCCCCCCCC(C)(C)O[PH](=O)OC(C)(C)CCCCCCCCCCCCC. The first-order chi connectivity index (χ1) is 17.2. The Bertz CT molecular complexity index is 448. The topological polar surface area (TPSA) is 35.5 Å². The Labute approximate surface area is 228 Å². The van der Waals surface area contributed by atoms with Gasteiger partial charge in [-0.1, -0.05) is 155 Å². The third kappa shape index (κ3) is 25.8. The normalized spacial score (nSPS) is 12.6. The average Bonchev–Trinajstić information content (AvgIpc) is 2.80. The van der Waals surface area contributed by atoms with Crippen molar-refractivity contribution in [3.8, 4) is 0 Å². The first-order valence-corrected chi connectivity index (χ1v) is 17.4. The Kier molecular flexibility index (Phi) is 24.3. The van der Waals surface area contributed by atoms with Gasteiger partial charge in [-0.15, -0.1) is 0 Å². The van der Waals surface area contributed by atoms with Crippen LogP contribution in [0.2, 0.25) is 0 Å². The summed E-state index contributed by atoms with van der Waals surface area (Å²) in [6.07, 6.45) is 31.4. The lowest BCUT2D eigenvalue weighted by Gasteiger charge is -2.29. The molecule has 4 heteroatoms. The Hall–Kier alpha value is 0.150. The van der Waals surface area contributed by atoms with E-state index in [1.54, 1.807) is 0 Å². The standard InChI is InChI=1S/C32H67O3P/c1-7-9-11-13-15-17-19-21-23-25-27-29-31(3,4)34-36(33)35-32(5,6)30-28-26-24-22-20-18-16-14-12-10-8-2/h36H,7-30H2,1-6H3. The molecule has 0 amide bonds. The molecule has 0 radical (unpaired) electrons. The van der Waals surface area contributed by atoms with E-state index in [0.717, 1.165) is 25.7 Å². The third-order valence-electron chi connectivity index (χ3n) is 7.48. The molecule has 0 aliphatic rings. The molecule has 0 aromatic heterocycles. The van der Waals surface area contributed by atoms with Gasteiger partial charge >= 0.3 is 8.25 Å². The van der Waals surface area contributed by atoms with Crippen LogP contribution in [0.15, 0.2) is 0 Å². The summed E-state index contributed by atoms with van der Waals surface area (Å²) in [6, 6.07) is 0. The van der Waals surface area contributed by atoms with Crippen LogP contribution in [0.25, 0.3) is 0 Å². The van der Waals surface area contributed by atoms with Gasteiger partial charge in [-0.05, 0) is 40.5 Å². The van der Waals surface area contributed by atoms with Crippen molar-refractivity contribution in [1.82, 2.24) is 0 Å². The van der Waals surface area contributed by atoms with Crippen molar-refractivity contribution in [2.24, 2.45) is 0 Å². The van der Waals surface area contributed by atoms with Crippen molar-refractivity contribution in [2.45, 2.75) is 207 Å². The second kappa shape index (κ2) is 24.2. The van der Waals surface area contributed by atoms with Crippen molar-refractivity contribution < 1.29 is 13.6 Å². The van der Waals surface area contributed by atoms with Gasteiger partial charge in [0.2, 0.25) is 0 Å². The molecule has 0 aromatic carbocycles. The van der Waals surface area contributed by atoms with E-state index in [-0.39, 0.29) is 11.2 Å². The Morgan fingerprint density at radius 2 is 0.639 bits per heavy atom. The van der Waals surface area contributed by atoms with E-state index in [1.807, 2.05) is 0 Å². The molecule has 0 aliphatic heterocycles. The van der Waals surface area contributed by atoms with Crippen LogP contribution in [0, 0.1) is 0 Å². The maximum Gasteiger partial charge on any atom is 0.320 e. The Morgan fingerprint density at radius 1 is 0.417 bits per heavy atom. The van der Waals surface area contributed by atoms with Gasteiger partial charge in [0.1, 0.15) is 0 Å². The Morgan fingerprint density at radius 3 is 0.889 bits per heavy atom. The lowest BCUT2D eigenvalue weighted by atomic mass is 9.99. The van der Waals surface area contributed by atoms with Gasteiger partial charge in [-0.2, -0.15) is 0 Å². The van der Waals surface area contributed by atoms with Crippen molar-refractivity contribution in [1.29, 1.82) is 0 Å². The molecule has 0 saturated carbocycles. The van der Waals surface area contributed by atoms with Gasteiger partial charge in [0.25, 0.3) is 0 Å². The molecule has 36 heavy (non-hydrogen) atoms. The first kappa shape index (κ1) is 36.1. The number of hydrogen-bond donors (Lipinski definition) is 0. The highest BCUT2D eigenvalue weighted by Gasteiger charge is 2.26. The van der Waals surface area contributed by atoms with Crippen LogP contribution in [0.1, 0.15) is 196 Å². The molecule has 0 bridgehead atoms. The van der Waals surface area contributed by atoms with Crippen molar-refractivity contribution >= 4 is 8.25 Å². The van der Waals surface area contributed by atoms with E-state index >= 15 is 0 Å². The monoisotopic (exact) mass is 530 g/mol. The van der Waals surface area contributed by atoms with Gasteiger partial charge in [0.05, 0.1) is 11.2 Å². The van der Waals surface area contributed by atoms with E-state index < -0.39 is 8.25 Å². The van der Waals surface area contributed by atoms with Crippen molar-refractivity contribution in [3.05, 3.63) is 0 Å². The van der Waals surface area contributed by atoms with E-state index in [4.69, 9.17) is 9.05 Å². The highest BCUT2D eigenvalue weighted by atomic mass is 31.1. The van der Waals surface area contributed by atoms with Gasteiger partial charge < -0.3 is 9.05 Å². The summed E-state index contributed by atoms with van der Waals surface area (Å²) in [5.41, 5.74) is -0.746. The summed E-state index contributed by atoms with van der Waals surface area (Å²) in [6.45, 7) is 12.8. The lowest BCUT2D eigenvalue weighted by Crippen LogP contribution is -2.25. The van der Waals surface area contributed by atoms with E-state index in [1.165, 1.54) is 128 Å². The zero-order chi connectivity index (χ0) is 27.0. The molecule has 0 heterocycles. The molecule has 0 N–H and O–H groups in total. The van der Waals surface area contributed by atoms with E-state index in [0.29, 0.717) is 0 Å². The molecule has 0 fully saturated rings. The molecular formula is C32H67O3P. The fourth-order valence-corrected chi connectivity index (χ4v) is 6.15. The third-order valence-corrected chi connectivity index (χ3v) is 8.92. The van der Waals surface area contributed by atoms with E-state index in [9.17, 15) is 4.57 Å². The maximum atomic E-state index is 12.6. The predicted molar refractivity (Wildman–Crippen MR) is 161 cm³/mol. The van der Waals surface area contributed by atoms with Crippen molar-refractivity contribution in [2.75, 3.05) is 0 Å². The minimum Gasteiger partial charge on any atom is -0.305 e. The summed E-state index contributed by atoms with van der Waals surface area (Å²) in [5.74, 6) is 0. The van der Waals surface area contributed by atoms with E-state index in [2.05, 4.69) is 41.5 Å². The minimum atomic E-state index is -2.48. The summed E-state index contributed by atoms with van der Waals surface area (Å²) >= 11 is 0. The number of rotatable bonds is 28. The molecule has 3 nitrogen and oxygen atoms in total. The number of unbranched alkanes of at least 4 members (excludes halogenated alkanes) is 20. The molecule has 0 atom stereocenters. The minimum absolute atomic E-state index is 0.373. The largest absolute Gasteiger partial charge is 0.320 e. The van der Waals surface area contributed by atoms with Gasteiger partial charge in [0, 0.05) is 0 Å². The summed E-state index contributed by atoms with van der Waals surface area (Å²) in [7, 11) is -2.48. The van der Waals surface area contributed by atoms with Gasteiger partial charge in [-0.25, -0.2) is 0 Å². The highest BCUT2D eigenvalue weighted by molar-refractivity contribution is 7.33. The summed E-state index contributed by atoms with van der Waals surface area (Å²) < 4.78 is 24.4. The maximum absolute atomic E-state index is 12.6. The summed E-state index contributed by atoms with van der Waals surface area (Å²) in [4.78, 5) is 0. The van der Waals surface area contributed by atoms with Crippen LogP contribution in [-0.4, -0.2) is 11.2 Å². The van der Waals surface area contributed by atoms with Crippen LogP contribution in [0.3, 0.4) is 0 Å². The molecule has 0 saturated heterocycles. The zero-order valence-electron chi connectivity index (χ0n) is 25.7. The number of hydrogen-bond acceptors (Lipinski definition) is 3. The molecule has 0 aromatic rings. The molecule has 0 rings (SSSR count). The van der Waals surface area contributed by atoms with Gasteiger partial charge in [0.15, 0.2) is 0 Å². The molecular weight excluding hydrogens is 463 g/mol. The molecule has 218 valence electrons. The van der Waals surface area contributed by atoms with Crippen LogP contribution in [0.5, 0.6) is 0 Å². The predicted octanol–water partition coefficient (Wildman–Crippen LogP) is 12.4. The van der Waals surface area contributed by atoms with Crippen molar-refractivity contribution in [3.63, 3.8) is 0 Å². The Balaban J connectivity index is 3.75. The van der Waals surface area contributed by atoms with Gasteiger partial charge in [-0.3, -0.25) is 4.57 Å². The van der Waals surface area contributed by atoms with Crippen LogP contribution in [0.4, 0.5) is 0 Å². The average molecular weight is 531 g/mol.